The standard InChI is InChI=1S/C16H11ClN2O4S2/c1-2-18-15(20)14(25-16(18)24)8-10-4-6-13(23-10)11-5-3-9(19(21)22)7-12(11)17/h3-8H,2H2,1H3. The molecule has 0 radical (unpaired) electrons. The van der Waals surface area contributed by atoms with E-state index in [2.05, 4.69) is 0 Å². The molecule has 2 heterocycles. The first-order chi connectivity index (χ1) is 11.9. The number of thiocarbonyl (C=S) groups is 1. The van der Waals surface area contributed by atoms with Gasteiger partial charge in [0.25, 0.3) is 11.6 Å². The van der Waals surface area contributed by atoms with E-state index < -0.39 is 4.92 Å². The largest absolute Gasteiger partial charge is 0.457 e. The average Bonchev–Trinajstić information content (AvgIpc) is 3.12. The molecule has 0 bridgehead atoms. The summed E-state index contributed by atoms with van der Waals surface area (Å²) in [6.07, 6.45) is 1.62. The van der Waals surface area contributed by atoms with Gasteiger partial charge in [0.1, 0.15) is 15.8 Å². The molecule has 0 spiro atoms. The van der Waals surface area contributed by atoms with Crippen LogP contribution in [-0.4, -0.2) is 26.6 Å². The molecule has 3 rings (SSSR count). The summed E-state index contributed by atoms with van der Waals surface area (Å²) in [7, 11) is 0. The second-order valence-electron chi connectivity index (χ2n) is 5.05. The number of carbonyl (C=O) groups is 1. The number of nitro groups is 1. The van der Waals surface area contributed by atoms with E-state index in [1.807, 2.05) is 6.92 Å². The maximum Gasteiger partial charge on any atom is 0.270 e. The molecule has 1 aromatic carbocycles. The van der Waals surface area contributed by atoms with Crippen molar-refractivity contribution in [2.75, 3.05) is 6.54 Å². The summed E-state index contributed by atoms with van der Waals surface area (Å²) in [5.74, 6) is 0.780. The van der Waals surface area contributed by atoms with Crippen LogP contribution in [0, 0.1) is 10.1 Å². The highest BCUT2D eigenvalue weighted by atomic mass is 35.5. The van der Waals surface area contributed by atoms with E-state index in [9.17, 15) is 14.9 Å². The molecule has 9 heteroatoms. The van der Waals surface area contributed by atoms with Crippen molar-refractivity contribution in [1.29, 1.82) is 0 Å². The zero-order valence-electron chi connectivity index (χ0n) is 12.9. The Kier molecular flexibility index (Phi) is 4.94. The van der Waals surface area contributed by atoms with Crippen molar-refractivity contribution in [2.45, 2.75) is 6.92 Å². The molecule has 0 saturated carbocycles. The SMILES string of the molecule is CCN1C(=O)C(=Cc2ccc(-c3ccc([N+](=O)[O-])cc3Cl)o2)SC1=S. The third-order valence-electron chi connectivity index (χ3n) is 3.52. The van der Waals surface area contributed by atoms with Crippen LogP contribution in [-0.2, 0) is 4.79 Å². The van der Waals surface area contributed by atoms with Gasteiger partial charge in [0, 0.05) is 30.3 Å². The maximum absolute atomic E-state index is 12.2. The lowest BCUT2D eigenvalue weighted by Crippen LogP contribution is -2.27. The van der Waals surface area contributed by atoms with E-state index in [4.69, 9.17) is 28.2 Å². The second kappa shape index (κ2) is 6.99. The summed E-state index contributed by atoms with van der Waals surface area (Å²) in [6.45, 7) is 2.37. The number of halogens is 1. The van der Waals surface area contributed by atoms with Gasteiger partial charge in [-0.2, -0.15) is 0 Å². The lowest BCUT2D eigenvalue weighted by molar-refractivity contribution is -0.384. The van der Waals surface area contributed by atoms with Gasteiger partial charge >= 0.3 is 0 Å². The third-order valence-corrected chi connectivity index (χ3v) is 5.21. The molecule has 128 valence electrons. The van der Waals surface area contributed by atoms with Gasteiger partial charge in [0.05, 0.1) is 14.9 Å². The van der Waals surface area contributed by atoms with Gasteiger partial charge in [-0.15, -0.1) is 0 Å². The molecule has 1 amide bonds. The van der Waals surface area contributed by atoms with Crippen LogP contribution in [0.25, 0.3) is 17.4 Å². The Balaban J connectivity index is 1.89. The summed E-state index contributed by atoms with van der Waals surface area (Å²) in [4.78, 5) is 24.5. The smallest absolute Gasteiger partial charge is 0.270 e. The lowest BCUT2D eigenvalue weighted by atomic mass is 10.1. The topological polar surface area (TPSA) is 76.6 Å². The van der Waals surface area contributed by atoms with E-state index in [0.29, 0.717) is 32.9 Å². The van der Waals surface area contributed by atoms with Crippen LogP contribution in [0.5, 0.6) is 0 Å². The van der Waals surface area contributed by atoms with Crippen LogP contribution < -0.4 is 0 Å². The van der Waals surface area contributed by atoms with Gasteiger partial charge in [-0.25, -0.2) is 0 Å². The molecule has 1 aliphatic heterocycles. The highest BCUT2D eigenvalue weighted by Gasteiger charge is 2.30. The van der Waals surface area contributed by atoms with Crippen molar-refractivity contribution in [2.24, 2.45) is 0 Å². The van der Waals surface area contributed by atoms with E-state index in [0.717, 1.165) is 0 Å². The number of nitrogens with zero attached hydrogens (tertiary/aromatic N) is 2. The normalized spacial score (nSPS) is 16.1. The van der Waals surface area contributed by atoms with Gasteiger partial charge in [-0.05, 0) is 25.1 Å². The zero-order chi connectivity index (χ0) is 18.1. The summed E-state index contributed by atoms with van der Waals surface area (Å²) in [5.41, 5.74) is 0.441. The fraction of sp³-hybridized carbons (Fsp3) is 0.125. The summed E-state index contributed by atoms with van der Waals surface area (Å²) >= 11 is 12.5. The predicted molar refractivity (Wildman–Crippen MR) is 101 cm³/mol. The molecule has 1 aliphatic rings. The number of benzene rings is 1. The zero-order valence-corrected chi connectivity index (χ0v) is 15.3. The van der Waals surface area contributed by atoms with E-state index in [1.54, 1.807) is 18.2 Å². The number of hydrogen-bond donors (Lipinski definition) is 0. The molecule has 1 aromatic heterocycles. The fourth-order valence-corrected chi connectivity index (χ4v) is 3.93. The number of hydrogen-bond acceptors (Lipinski definition) is 6. The Labute approximate surface area is 157 Å². The summed E-state index contributed by atoms with van der Waals surface area (Å²) in [6, 6.07) is 7.55. The van der Waals surface area contributed by atoms with E-state index in [-0.39, 0.29) is 16.6 Å². The Morgan fingerprint density at radius 3 is 2.76 bits per heavy atom. The second-order valence-corrected chi connectivity index (χ2v) is 7.13. The number of likely N-dealkylation sites (N-methyl/N-ethyl adjacent to an activating group) is 1. The van der Waals surface area contributed by atoms with Crippen molar-refractivity contribution >= 4 is 57.6 Å². The highest BCUT2D eigenvalue weighted by Crippen LogP contribution is 2.35. The molecule has 2 aromatic rings. The first-order valence-corrected chi connectivity index (χ1v) is 8.80. The number of furan rings is 1. The van der Waals surface area contributed by atoms with Crippen molar-refractivity contribution in [3.05, 3.63) is 56.1 Å². The minimum atomic E-state index is -0.515. The molecule has 25 heavy (non-hydrogen) atoms. The van der Waals surface area contributed by atoms with Gasteiger partial charge < -0.3 is 4.42 Å². The van der Waals surface area contributed by atoms with Crippen LogP contribution in [0.4, 0.5) is 5.69 Å². The fourth-order valence-electron chi connectivity index (χ4n) is 2.29. The monoisotopic (exact) mass is 394 g/mol. The lowest BCUT2D eigenvalue weighted by Gasteiger charge is -2.09. The molecular weight excluding hydrogens is 384 g/mol. The quantitative estimate of drug-likeness (QED) is 0.323. The molecule has 0 atom stereocenters. The van der Waals surface area contributed by atoms with E-state index in [1.165, 1.54) is 34.9 Å². The Morgan fingerprint density at radius 1 is 1.40 bits per heavy atom. The first kappa shape index (κ1) is 17.7. The van der Waals surface area contributed by atoms with Gasteiger partial charge in [-0.3, -0.25) is 19.8 Å². The van der Waals surface area contributed by atoms with Crippen LogP contribution in [0.15, 0.2) is 39.7 Å². The van der Waals surface area contributed by atoms with Crippen molar-refractivity contribution in [3.8, 4) is 11.3 Å². The third kappa shape index (κ3) is 3.46. The number of non-ortho nitro benzene ring substituents is 1. The Hall–Kier alpha value is -2.16. The minimum Gasteiger partial charge on any atom is -0.457 e. The van der Waals surface area contributed by atoms with Crippen LogP contribution in [0.1, 0.15) is 12.7 Å². The average molecular weight is 395 g/mol. The maximum atomic E-state index is 12.2. The minimum absolute atomic E-state index is 0.0937. The number of nitro benzene ring substituents is 1. The summed E-state index contributed by atoms with van der Waals surface area (Å²) < 4.78 is 6.22. The van der Waals surface area contributed by atoms with Gasteiger partial charge in [0.2, 0.25) is 0 Å². The molecule has 0 N–H and O–H groups in total. The van der Waals surface area contributed by atoms with Crippen LogP contribution in [0.2, 0.25) is 5.02 Å². The number of amides is 1. The first-order valence-electron chi connectivity index (χ1n) is 7.20. The molecule has 0 aliphatic carbocycles. The van der Waals surface area contributed by atoms with E-state index >= 15 is 0 Å². The molecule has 0 unspecified atom stereocenters. The van der Waals surface area contributed by atoms with Crippen molar-refractivity contribution in [3.63, 3.8) is 0 Å². The molecular formula is C16H11ClN2O4S2. The van der Waals surface area contributed by atoms with Gasteiger partial charge in [-0.1, -0.05) is 35.6 Å². The van der Waals surface area contributed by atoms with Crippen molar-refractivity contribution < 1.29 is 14.1 Å². The number of thioether (sulfide) groups is 1. The summed E-state index contributed by atoms with van der Waals surface area (Å²) in [5, 5.41) is 11.0. The van der Waals surface area contributed by atoms with Crippen molar-refractivity contribution in [1.82, 2.24) is 4.90 Å². The number of rotatable bonds is 4. The number of carbonyl (C=O) groups excluding carboxylic acids is 1. The Bertz CT molecular complexity index is 923. The van der Waals surface area contributed by atoms with Crippen LogP contribution in [0.3, 0.4) is 0 Å². The molecule has 1 fully saturated rings. The highest BCUT2D eigenvalue weighted by molar-refractivity contribution is 8.26. The van der Waals surface area contributed by atoms with Gasteiger partial charge in [0.15, 0.2) is 0 Å². The predicted octanol–water partition coefficient (Wildman–Crippen LogP) is 4.73. The molecule has 6 nitrogen and oxygen atoms in total. The Morgan fingerprint density at radius 2 is 2.16 bits per heavy atom. The van der Waals surface area contributed by atoms with Crippen LogP contribution >= 0.6 is 35.6 Å². The molecule has 1 saturated heterocycles.